The van der Waals surface area contributed by atoms with E-state index in [4.69, 9.17) is 0 Å². The lowest BCUT2D eigenvalue weighted by Crippen LogP contribution is -2.33. The third-order valence-electron chi connectivity index (χ3n) is 5.57. The maximum atomic E-state index is 13.5. The summed E-state index contributed by atoms with van der Waals surface area (Å²) in [7, 11) is 0. The second-order valence-corrected chi connectivity index (χ2v) is 8.89. The molecule has 0 bridgehead atoms. The number of nitro groups is 1. The molecule has 2 aromatic carbocycles. The number of nitro benzene ring substituents is 1. The highest BCUT2D eigenvalue weighted by Gasteiger charge is 2.46. The lowest BCUT2D eigenvalue weighted by Gasteiger charge is -2.26. The molecule has 9 heteroatoms. The highest BCUT2D eigenvalue weighted by atomic mass is 32.1. The standard InChI is InChI=1S/C24H21N3O5S/c1-14-23(33-15(2)25-14)21(28)19-20(17-10-6-7-11-18(17)27(31)32)26(24(30)22(19)29)13-12-16-8-4-3-5-9-16/h3-11,20,29H,12-13H2,1-2H3. The molecule has 1 N–H and O–H groups in total. The van der Waals surface area contributed by atoms with Crippen molar-refractivity contribution in [1.29, 1.82) is 0 Å². The van der Waals surface area contributed by atoms with Gasteiger partial charge in [0.2, 0.25) is 5.78 Å². The molecule has 1 aliphatic rings. The summed E-state index contributed by atoms with van der Waals surface area (Å²) < 4.78 is 0. The molecule has 0 radical (unpaired) electrons. The average Bonchev–Trinajstić information content (AvgIpc) is 3.27. The van der Waals surface area contributed by atoms with Gasteiger partial charge in [-0.2, -0.15) is 0 Å². The van der Waals surface area contributed by atoms with Crippen molar-refractivity contribution in [3.8, 4) is 0 Å². The van der Waals surface area contributed by atoms with Crippen molar-refractivity contribution in [3.63, 3.8) is 0 Å². The van der Waals surface area contributed by atoms with Gasteiger partial charge in [-0.1, -0.05) is 42.5 Å². The summed E-state index contributed by atoms with van der Waals surface area (Å²) in [6.45, 7) is 3.60. The van der Waals surface area contributed by atoms with Crippen LogP contribution in [0.3, 0.4) is 0 Å². The van der Waals surface area contributed by atoms with E-state index in [-0.39, 0.29) is 23.4 Å². The van der Waals surface area contributed by atoms with Crippen molar-refractivity contribution in [3.05, 3.63) is 103 Å². The number of nitrogens with zero attached hydrogens (tertiary/aromatic N) is 3. The van der Waals surface area contributed by atoms with Crippen LogP contribution in [0.1, 0.15) is 37.5 Å². The minimum absolute atomic E-state index is 0.158. The maximum absolute atomic E-state index is 13.5. The molecule has 3 aromatic rings. The molecule has 1 atom stereocenters. The van der Waals surface area contributed by atoms with E-state index in [0.29, 0.717) is 22.0 Å². The van der Waals surface area contributed by atoms with Gasteiger partial charge in [0.15, 0.2) is 5.76 Å². The molecule has 0 aliphatic carbocycles. The van der Waals surface area contributed by atoms with Crippen LogP contribution in [0.5, 0.6) is 0 Å². The highest BCUT2D eigenvalue weighted by molar-refractivity contribution is 7.14. The predicted octanol–water partition coefficient (Wildman–Crippen LogP) is 4.49. The second kappa shape index (κ2) is 8.95. The van der Waals surface area contributed by atoms with Crippen molar-refractivity contribution >= 4 is 28.7 Å². The van der Waals surface area contributed by atoms with Crippen LogP contribution in [-0.2, 0) is 11.2 Å². The number of carbonyl (C=O) groups excluding carboxylic acids is 2. The number of hydrogen-bond donors (Lipinski definition) is 1. The molecule has 4 rings (SSSR count). The number of aromatic nitrogens is 1. The molecule has 8 nitrogen and oxygen atoms in total. The Kier molecular flexibility index (Phi) is 6.06. The van der Waals surface area contributed by atoms with E-state index in [2.05, 4.69) is 4.98 Å². The number of rotatable bonds is 7. The summed E-state index contributed by atoms with van der Waals surface area (Å²) in [5.74, 6) is -1.95. The van der Waals surface area contributed by atoms with E-state index in [1.165, 1.54) is 23.1 Å². The van der Waals surface area contributed by atoms with Gasteiger partial charge >= 0.3 is 0 Å². The van der Waals surface area contributed by atoms with E-state index < -0.39 is 28.4 Å². The summed E-state index contributed by atoms with van der Waals surface area (Å²) >= 11 is 1.16. The molecule has 1 aliphatic heterocycles. The zero-order valence-electron chi connectivity index (χ0n) is 18.0. The fraction of sp³-hybridized carbons (Fsp3) is 0.208. The van der Waals surface area contributed by atoms with Crippen LogP contribution in [0.25, 0.3) is 0 Å². The van der Waals surface area contributed by atoms with Gasteiger partial charge in [0.05, 0.1) is 37.7 Å². The molecular formula is C24H21N3O5S. The zero-order chi connectivity index (χ0) is 23.7. The van der Waals surface area contributed by atoms with Gasteiger partial charge in [-0.15, -0.1) is 11.3 Å². The van der Waals surface area contributed by atoms with E-state index in [0.717, 1.165) is 16.9 Å². The Labute approximate surface area is 194 Å². The number of aryl methyl sites for hydroxylation is 2. The minimum atomic E-state index is -1.09. The molecule has 1 amide bonds. The Morgan fingerprint density at radius 3 is 2.45 bits per heavy atom. The summed E-state index contributed by atoms with van der Waals surface area (Å²) in [4.78, 5) is 43.8. The number of ketones is 1. The smallest absolute Gasteiger partial charge is 0.290 e. The Hall–Kier alpha value is -3.85. The van der Waals surface area contributed by atoms with Crippen molar-refractivity contribution in [2.45, 2.75) is 26.3 Å². The molecule has 0 saturated carbocycles. The summed E-state index contributed by atoms with van der Waals surface area (Å²) in [5, 5.41) is 23.2. The number of para-hydroxylation sites is 1. The number of carbonyl (C=O) groups is 2. The number of Topliss-reactive ketones (excluding diaryl/α,β-unsaturated/α-hetero) is 1. The van der Waals surface area contributed by atoms with Crippen LogP contribution in [0, 0.1) is 24.0 Å². The van der Waals surface area contributed by atoms with Gasteiger partial charge < -0.3 is 10.0 Å². The van der Waals surface area contributed by atoms with Crippen molar-refractivity contribution < 1.29 is 19.6 Å². The third-order valence-corrected chi connectivity index (χ3v) is 6.64. The largest absolute Gasteiger partial charge is 0.503 e. The Balaban J connectivity index is 1.82. The fourth-order valence-electron chi connectivity index (χ4n) is 4.08. The molecule has 33 heavy (non-hydrogen) atoms. The predicted molar refractivity (Wildman–Crippen MR) is 123 cm³/mol. The second-order valence-electron chi connectivity index (χ2n) is 7.69. The van der Waals surface area contributed by atoms with Gasteiger partial charge in [0, 0.05) is 12.6 Å². The monoisotopic (exact) mass is 463 g/mol. The average molecular weight is 464 g/mol. The quantitative estimate of drug-likeness (QED) is 0.314. The Bertz CT molecular complexity index is 1280. The van der Waals surface area contributed by atoms with Gasteiger partial charge in [-0.25, -0.2) is 4.98 Å². The summed E-state index contributed by atoms with van der Waals surface area (Å²) in [6.07, 6.45) is 0.456. The SMILES string of the molecule is Cc1nc(C)c(C(=O)C2=C(O)C(=O)N(CCc3ccccc3)C2c2ccccc2[N+](=O)[O-])s1. The van der Waals surface area contributed by atoms with Crippen LogP contribution in [-0.4, -0.2) is 38.1 Å². The molecule has 1 aromatic heterocycles. The summed E-state index contributed by atoms with van der Waals surface area (Å²) in [5.41, 5.74) is 1.24. The van der Waals surface area contributed by atoms with Crippen LogP contribution in [0.15, 0.2) is 65.9 Å². The van der Waals surface area contributed by atoms with E-state index in [9.17, 15) is 24.8 Å². The van der Waals surface area contributed by atoms with Crippen LogP contribution in [0.2, 0.25) is 0 Å². The number of aliphatic hydroxyl groups is 1. The molecule has 0 spiro atoms. The van der Waals surface area contributed by atoms with Crippen molar-refractivity contribution in [2.75, 3.05) is 6.54 Å². The molecular weight excluding hydrogens is 442 g/mol. The first kappa shape index (κ1) is 22.3. The first-order valence-electron chi connectivity index (χ1n) is 10.3. The Morgan fingerprint density at radius 1 is 1.15 bits per heavy atom. The number of aliphatic hydroxyl groups excluding tert-OH is 1. The lowest BCUT2D eigenvalue weighted by atomic mass is 9.93. The molecule has 0 saturated heterocycles. The van der Waals surface area contributed by atoms with Gasteiger partial charge in [-0.3, -0.25) is 19.7 Å². The number of amides is 1. The number of benzene rings is 2. The normalized spacial score (nSPS) is 15.9. The van der Waals surface area contributed by atoms with E-state index in [1.54, 1.807) is 19.9 Å². The van der Waals surface area contributed by atoms with E-state index >= 15 is 0 Å². The lowest BCUT2D eigenvalue weighted by molar-refractivity contribution is -0.385. The Morgan fingerprint density at radius 2 is 1.82 bits per heavy atom. The van der Waals surface area contributed by atoms with Crippen molar-refractivity contribution in [2.24, 2.45) is 0 Å². The molecule has 0 fully saturated rings. The van der Waals surface area contributed by atoms with Gasteiger partial charge in [-0.05, 0) is 31.9 Å². The van der Waals surface area contributed by atoms with Crippen molar-refractivity contribution in [1.82, 2.24) is 9.88 Å². The highest BCUT2D eigenvalue weighted by Crippen LogP contribution is 2.43. The molecule has 1 unspecified atom stereocenters. The third kappa shape index (κ3) is 4.14. The topological polar surface area (TPSA) is 114 Å². The number of hydrogen-bond acceptors (Lipinski definition) is 7. The maximum Gasteiger partial charge on any atom is 0.290 e. The number of thiazole rings is 1. The minimum Gasteiger partial charge on any atom is -0.503 e. The summed E-state index contributed by atoms with van der Waals surface area (Å²) in [6, 6.07) is 14.3. The molecule has 2 heterocycles. The zero-order valence-corrected chi connectivity index (χ0v) is 18.8. The van der Waals surface area contributed by atoms with Crippen LogP contribution in [0.4, 0.5) is 5.69 Å². The first-order valence-corrected chi connectivity index (χ1v) is 11.1. The van der Waals surface area contributed by atoms with Gasteiger partial charge in [0.1, 0.15) is 0 Å². The molecule has 168 valence electrons. The van der Waals surface area contributed by atoms with Crippen LogP contribution < -0.4 is 0 Å². The first-order chi connectivity index (χ1) is 15.8. The fourth-order valence-corrected chi connectivity index (χ4v) is 4.96. The van der Waals surface area contributed by atoms with Crippen LogP contribution >= 0.6 is 11.3 Å². The van der Waals surface area contributed by atoms with E-state index in [1.807, 2.05) is 30.3 Å². The van der Waals surface area contributed by atoms with Gasteiger partial charge in [0.25, 0.3) is 11.6 Å².